The van der Waals surface area contributed by atoms with Crippen LogP contribution in [0.25, 0.3) is 5.82 Å². The number of pyridine rings is 2. The lowest BCUT2D eigenvalue weighted by Gasteiger charge is -2.33. The Morgan fingerprint density at radius 2 is 1.86 bits per heavy atom. The summed E-state index contributed by atoms with van der Waals surface area (Å²) in [6, 6.07) is 8.32. The molecule has 13 nitrogen and oxygen atoms in total. The van der Waals surface area contributed by atoms with Gasteiger partial charge in [0.05, 0.1) is 17.6 Å². The Hall–Kier alpha value is -4.12. The van der Waals surface area contributed by atoms with Crippen LogP contribution in [0.2, 0.25) is 5.15 Å². The van der Waals surface area contributed by atoms with Crippen molar-refractivity contribution in [1.82, 2.24) is 29.4 Å². The Kier molecular flexibility index (Phi) is 10.3. The van der Waals surface area contributed by atoms with Crippen LogP contribution in [0.15, 0.2) is 47.6 Å². The number of sulfonamides is 1. The van der Waals surface area contributed by atoms with E-state index < -0.39 is 38.6 Å². The van der Waals surface area contributed by atoms with Crippen LogP contribution in [0, 0.1) is 5.41 Å². The molecule has 18 heteroatoms. The lowest BCUT2D eigenvalue weighted by Crippen LogP contribution is -2.46. The highest BCUT2D eigenvalue weighted by Gasteiger charge is 2.62. The first kappa shape index (κ1) is 36.2. The van der Waals surface area contributed by atoms with Crippen LogP contribution in [0.5, 0.6) is 5.88 Å². The highest BCUT2D eigenvalue weighted by atomic mass is 35.5. The van der Waals surface area contributed by atoms with E-state index in [0.29, 0.717) is 13.0 Å². The maximum atomic E-state index is 13.1. The van der Waals surface area contributed by atoms with Crippen LogP contribution in [-0.2, 0) is 10.0 Å². The van der Waals surface area contributed by atoms with E-state index in [1.165, 1.54) is 46.1 Å². The van der Waals surface area contributed by atoms with Gasteiger partial charge in [-0.25, -0.2) is 24.2 Å². The van der Waals surface area contributed by atoms with Gasteiger partial charge in [0.1, 0.15) is 11.0 Å². The monoisotopic (exact) mass is 727 g/mol. The summed E-state index contributed by atoms with van der Waals surface area (Å²) in [6.07, 6.45) is 0.0521. The topological polar surface area (TPSA) is 169 Å². The third-order valence-electron chi connectivity index (χ3n) is 8.97. The van der Waals surface area contributed by atoms with Crippen molar-refractivity contribution in [1.29, 1.82) is 0 Å². The number of amides is 2. The molecule has 4 heterocycles. The molecule has 1 saturated heterocycles. The molecule has 266 valence electrons. The molecule has 1 aliphatic heterocycles. The zero-order valence-corrected chi connectivity index (χ0v) is 28.4. The number of nitrogens with zero attached hydrogens (tertiary/aromatic N) is 5. The van der Waals surface area contributed by atoms with E-state index in [1.54, 1.807) is 6.07 Å². The normalized spacial score (nSPS) is 18.2. The molecule has 3 aromatic rings. The zero-order valence-electron chi connectivity index (χ0n) is 26.8. The summed E-state index contributed by atoms with van der Waals surface area (Å²) in [6.45, 7) is 4.16. The quantitative estimate of drug-likeness (QED) is 0.131. The second kappa shape index (κ2) is 14.0. The largest absolute Gasteiger partial charge is 0.477 e. The molecule has 1 saturated carbocycles. The van der Waals surface area contributed by atoms with Crippen LogP contribution >= 0.6 is 11.6 Å². The van der Waals surface area contributed by atoms with Crippen molar-refractivity contribution < 1.29 is 41.0 Å². The molecule has 0 radical (unpaired) electrons. The number of aromatic nitrogens is 4. The smallest absolute Gasteiger partial charge is 0.407 e. The van der Waals surface area contributed by atoms with E-state index in [2.05, 4.69) is 20.4 Å². The highest BCUT2D eigenvalue weighted by Crippen LogP contribution is 2.59. The second-order valence-electron chi connectivity index (χ2n) is 12.9. The molecule has 0 unspecified atom stereocenters. The molecular formula is C31H37ClF3N7O6S. The minimum absolute atomic E-state index is 0.0392. The summed E-state index contributed by atoms with van der Waals surface area (Å²) < 4.78 is 74.0. The van der Waals surface area contributed by atoms with E-state index in [4.69, 9.17) is 16.3 Å². The average molecular weight is 728 g/mol. The summed E-state index contributed by atoms with van der Waals surface area (Å²) in [5.41, 5.74) is -2.31. The molecule has 3 N–H and O–H groups in total. The van der Waals surface area contributed by atoms with Gasteiger partial charge < -0.3 is 20.1 Å². The van der Waals surface area contributed by atoms with Crippen molar-refractivity contribution in [3.8, 4) is 11.7 Å². The lowest BCUT2D eigenvalue weighted by molar-refractivity contribution is -0.190. The molecule has 3 aromatic heterocycles. The number of carboxylic acid groups (broad SMARTS) is 1. The number of hydrogen-bond donors (Lipinski definition) is 3. The Bertz CT molecular complexity index is 1800. The standard InChI is InChI=1S/C31H37ClF3N7O6S/c1-29(2)13-11-20(42(29)28(44)45)6-3-4-17-36-22-7-5-8-25(37-22)49(46,47)40-27(43)21-9-10-23(38-26(21)32)41-18-12-24(39-41)48-19-16-30(14-15-30)31(33,34)35/h5,7-10,12,18,20H,3-4,6,11,13-17,19H2,1-2H3,(H,36,37)(H,40,43)(H,44,45)/t20-/m0/s1. The number of carbonyl (C=O) groups is 2. The third-order valence-corrected chi connectivity index (χ3v) is 10.5. The van der Waals surface area contributed by atoms with Gasteiger partial charge in [-0.1, -0.05) is 17.7 Å². The first-order valence-corrected chi connectivity index (χ1v) is 17.6. The summed E-state index contributed by atoms with van der Waals surface area (Å²) in [5, 5.41) is 16.1. The second-order valence-corrected chi connectivity index (χ2v) is 14.8. The molecule has 1 aliphatic carbocycles. The number of halogens is 4. The van der Waals surface area contributed by atoms with E-state index in [9.17, 15) is 36.3 Å². The Labute approximate surface area is 286 Å². The Morgan fingerprint density at radius 3 is 2.53 bits per heavy atom. The average Bonchev–Trinajstić information content (AvgIpc) is 3.57. The van der Waals surface area contributed by atoms with Crippen LogP contribution in [0.1, 0.15) is 75.6 Å². The van der Waals surface area contributed by atoms with Crippen molar-refractivity contribution in [3.63, 3.8) is 0 Å². The van der Waals surface area contributed by atoms with Crippen LogP contribution < -0.4 is 14.8 Å². The first-order chi connectivity index (χ1) is 23.0. The van der Waals surface area contributed by atoms with Gasteiger partial charge in [0.15, 0.2) is 10.8 Å². The number of unbranched alkanes of at least 4 members (excludes halogenated alkanes) is 1. The first-order valence-electron chi connectivity index (χ1n) is 15.7. The molecule has 0 spiro atoms. The molecule has 0 bridgehead atoms. The van der Waals surface area contributed by atoms with Crippen molar-refractivity contribution >= 4 is 39.4 Å². The molecule has 49 heavy (non-hydrogen) atoms. The molecule has 0 aromatic carbocycles. The van der Waals surface area contributed by atoms with E-state index in [1.807, 2.05) is 18.6 Å². The number of alkyl halides is 3. The van der Waals surface area contributed by atoms with Gasteiger partial charge in [0, 0.05) is 30.4 Å². The van der Waals surface area contributed by atoms with E-state index in [0.717, 1.165) is 25.7 Å². The Morgan fingerprint density at radius 1 is 1.10 bits per heavy atom. The number of rotatable bonds is 14. The van der Waals surface area contributed by atoms with Crippen molar-refractivity contribution in [2.75, 3.05) is 18.5 Å². The predicted octanol–water partition coefficient (Wildman–Crippen LogP) is 6.05. The van der Waals surface area contributed by atoms with Gasteiger partial charge in [-0.05, 0) is 89.5 Å². The van der Waals surface area contributed by atoms with Crippen LogP contribution in [0.3, 0.4) is 0 Å². The van der Waals surface area contributed by atoms with Crippen molar-refractivity contribution in [3.05, 3.63) is 53.3 Å². The molecule has 2 fully saturated rings. The maximum absolute atomic E-state index is 13.1. The third kappa shape index (κ3) is 8.37. The van der Waals surface area contributed by atoms with Crippen molar-refractivity contribution in [2.24, 2.45) is 5.41 Å². The lowest BCUT2D eigenvalue weighted by atomic mass is 10.0. The fraction of sp³-hybridized carbons (Fsp3) is 0.516. The minimum Gasteiger partial charge on any atom is -0.477 e. The molecule has 2 amide bonds. The number of nitrogens with one attached hydrogen (secondary N) is 2. The van der Waals surface area contributed by atoms with Crippen molar-refractivity contribution in [2.45, 2.75) is 88.0 Å². The van der Waals surface area contributed by atoms with Gasteiger partial charge >= 0.3 is 12.3 Å². The number of hydrogen-bond acceptors (Lipinski definition) is 9. The SMILES string of the molecule is CC1(C)CC[C@H](CCCCNc2cccc(S(=O)(=O)NC(=O)c3ccc(-n4ccc(OCCC5(C(F)(F)F)CC5)n4)nc3Cl)n2)N1C(=O)O. The minimum atomic E-state index is -4.40. The molecule has 5 rings (SSSR count). The van der Waals surface area contributed by atoms with E-state index >= 15 is 0 Å². The zero-order chi connectivity index (χ0) is 35.6. The fourth-order valence-corrected chi connectivity index (χ4v) is 7.15. The summed E-state index contributed by atoms with van der Waals surface area (Å²) in [5.74, 6) is -0.533. The van der Waals surface area contributed by atoms with Gasteiger partial charge in [0.25, 0.3) is 15.9 Å². The highest BCUT2D eigenvalue weighted by molar-refractivity contribution is 7.90. The van der Waals surface area contributed by atoms with Gasteiger partial charge in [-0.2, -0.15) is 21.6 Å². The molecular weight excluding hydrogens is 691 g/mol. The Balaban J connectivity index is 1.12. The summed E-state index contributed by atoms with van der Waals surface area (Å²) in [4.78, 5) is 34.4. The molecule has 1 atom stereocenters. The van der Waals surface area contributed by atoms with Gasteiger partial charge in [0.2, 0.25) is 5.88 Å². The predicted molar refractivity (Wildman–Crippen MR) is 172 cm³/mol. The number of likely N-dealkylation sites (tertiary alicyclic amines) is 1. The number of anilines is 1. The summed E-state index contributed by atoms with van der Waals surface area (Å²) >= 11 is 6.22. The maximum Gasteiger partial charge on any atom is 0.407 e. The van der Waals surface area contributed by atoms with Crippen LogP contribution in [-0.4, -0.2) is 81.1 Å². The van der Waals surface area contributed by atoms with Gasteiger partial charge in [-0.3, -0.25) is 4.79 Å². The number of ether oxygens (including phenoxy) is 1. The van der Waals surface area contributed by atoms with Crippen LogP contribution in [0.4, 0.5) is 23.8 Å². The van der Waals surface area contributed by atoms with E-state index in [-0.39, 0.29) is 65.7 Å². The summed E-state index contributed by atoms with van der Waals surface area (Å²) in [7, 11) is -4.40. The molecule has 2 aliphatic rings. The fourth-order valence-electron chi connectivity index (χ4n) is 5.98. The number of carbonyl (C=O) groups excluding carboxylic acids is 1. The van der Waals surface area contributed by atoms with Gasteiger partial charge in [-0.15, -0.1) is 5.10 Å².